The molecule has 0 bridgehead atoms. The molecule has 4 N–H and O–H groups in total. The molecule has 4 rings (SSSR count). The molecule has 0 heterocycles. The first-order valence-corrected chi connectivity index (χ1v) is 11.0. The zero-order chi connectivity index (χ0) is 20.1. The van der Waals surface area contributed by atoms with Crippen molar-refractivity contribution in [3.63, 3.8) is 0 Å². The summed E-state index contributed by atoms with van der Waals surface area (Å²) < 4.78 is 0. The predicted molar refractivity (Wildman–Crippen MR) is 107 cm³/mol. The molecule has 2 unspecified atom stereocenters. The second kappa shape index (κ2) is 7.12. The van der Waals surface area contributed by atoms with E-state index in [9.17, 15) is 9.59 Å². The van der Waals surface area contributed by atoms with Crippen LogP contribution >= 0.6 is 0 Å². The zero-order valence-electron chi connectivity index (χ0n) is 17.3. The number of carbonyl (C=O) groups excluding carboxylic acids is 2. The number of nitrogens with two attached hydrogens (primary N) is 2. The van der Waals surface area contributed by atoms with Crippen molar-refractivity contribution < 1.29 is 14.4 Å². The van der Waals surface area contributed by atoms with Gasteiger partial charge in [0.1, 0.15) is 12.4 Å². The molecule has 28 heavy (non-hydrogen) atoms. The minimum atomic E-state index is -0.185. The summed E-state index contributed by atoms with van der Waals surface area (Å²) in [6.07, 6.45) is 7.35. The van der Waals surface area contributed by atoms with Crippen molar-refractivity contribution in [2.24, 2.45) is 57.0 Å². The number of carbonyl (C=O) groups is 2. The molecule has 0 aromatic carbocycles. The molecule has 6 heteroatoms. The Bertz CT molecular complexity index is 693. The average molecular weight is 390 g/mol. The average Bonchev–Trinajstić information content (AvgIpc) is 2.96. The van der Waals surface area contributed by atoms with Crippen molar-refractivity contribution >= 4 is 17.4 Å². The maximum atomic E-state index is 12.6. The van der Waals surface area contributed by atoms with E-state index in [1.54, 1.807) is 0 Å². The SMILES string of the molecule is C[C@]12CCC(=NOCCN)CC1C(C(N)=O)C[C@@H]1[C@H]2CC[C@]2(C)C(=O)CC[C@@H]12. The van der Waals surface area contributed by atoms with E-state index < -0.39 is 0 Å². The zero-order valence-corrected chi connectivity index (χ0v) is 17.3. The first-order valence-electron chi connectivity index (χ1n) is 11.0. The Hall–Kier alpha value is -1.43. The smallest absolute Gasteiger partial charge is 0.220 e. The van der Waals surface area contributed by atoms with Crippen LogP contribution in [0.4, 0.5) is 0 Å². The number of amides is 1. The van der Waals surface area contributed by atoms with Crippen LogP contribution in [0, 0.1) is 40.4 Å². The molecule has 0 aromatic rings. The van der Waals surface area contributed by atoms with E-state index in [1.165, 1.54) is 0 Å². The first kappa shape index (κ1) is 19.9. The number of rotatable bonds is 4. The van der Waals surface area contributed by atoms with Gasteiger partial charge in [-0.1, -0.05) is 19.0 Å². The Morgan fingerprint density at radius 2 is 1.96 bits per heavy atom. The van der Waals surface area contributed by atoms with Gasteiger partial charge in [-0.05, 0) is 74.0 Å². The fourth-order valence-electron chi connectivity index (χ4n) is 7.50. The van der Waals surface area contributed by atoms with Gasteiger partial charge in [-0.2, -0.15) is 0 Å². The Kier molecular flexibility index (Phi) is 5.05. The summed E-state index contributed by atoms with van der Waals surface area (Å²) in [6.45, 7) is 5.42. The number of nitrogens with zero attached hydrogens (tertiary/aromatic N) is 1. The third kappa shape index (κ3) is 2.90. The maximum Gasteiger partial charge on any atom is 0.220 e. The van der Waals surface area contributed by atoms with E-state index in [0.29, 0.717) is 43.1 Å². The minimum Gasteiger partial charge on any atom is -0.395 e. The van der Waals surface area contributed by atoms with Crippen molar-refractivity contribution in [3.8, 4) is 0 Å². The molecule has 0 spiro atoms. The summed E-state index contributed by atoms with van der Waals surface area (Å²) in [6, 6.07) is 0. The standard InChI is InChI=1S/C22H35N3O3/c1-21-7-5-13(25-28-10-9-23)11-18(21)15(20(24)27)12-14-16-3-4-19(26)22(16,2)8-6-17(14)21/h14-18H,3-12,23H2,1-2H3,(H2,24,27)/t14-,15?,16-,17+,18?,21+,22-/m0/s1. The van der Waals surface area contributed by atoms with Gasteiger partial charge in [0.2, 0.25) is 5.91 Å². The van der Waals surface area contributed by atoms with Crippen molar-refractivity contribution in [1.82, 2.24) is 0 Å². The van der Waals surface area contributed by atoms with Crippen LogP contribution in [0.15, 0.2) is 5.16 Å². The lowest BCUT2D eigenvalue weighted by molar-refractivity contribution is -0.150. The van der Waals surface area contributed by atoms with Gasteiger partial charge in [0.25, 0.3) is 0 Å². The summed E-state index contributed by atoms with van der Waals surface area (Å²) in [5.41, 5.74) is 12.4. The molecule has 4 aliphatic carbocycles. The number of Topliss-reactive ketones (excluding diaryl/α,β-unsaturated/α-hetero) is 1. The van der Waals surface area contributed by atoms with Crippen LogP contribution < -0.4 is 11.5 Å². The minimum absolute atomic E-state index is 0.0858. The number of ketones is 1. The van der Waals surface area contributed by atoms with Crippen molar-refractivity contribution in [1.29, 1.82) is 0 Å². The topological polar surface area (TPSA) is 108 Å². The normalized spacial score (nSPS) is 46.6. The summed E-state index contributed by atoms with van der Waals surface area (Å²) in [5.74, 6) is 1.77. The van der Waals surface area contributed by atoms with E-state index in [-0.39, 0.29) is 28.6 Å². The Labute approximate surface area is 167 Å². The van der Waals surface area contributed by atoms with Crippen LogP contribution in [-0.2, 0) is 14.4 Å². The monoisotopic (exact) mass is 389 g/mol. The number of fused-ring (bicyclic) bond motifs is 5. The van der Waals surface area contributed by atoms with Gasteiger partial charge in [-0.25, -0.2) is 0 Å². The molecule has 0 saturated heterocycles. The highest BCUT2D eigenvalue weighted by atomic mass is 16.6. The van der Waals surface area contributed by atoms with Crippen LogP contribution in [-0.4, -0.2) is 30.6 Å². The fourth-order valence-corrected chi connectivity index (χ4v) is 7.50. The first-order chi connectivity index (χ1) is 13.3. The van der Waals surface area contributed by atoms with Gasteiger partial charge in [-0.15, -0.1) is 0 Å². The quantitative estimate of drug-likeness (QED) is 0.569. The molecule has 7 atom stereocenters. The Morgan fingerprint density at radius 1 is 1.18 bits per heavy atom. The number of hydrogen-bond acceptors (Lipinski definition) is 5. The number of primary amides is 1. The van der Waals surface area contributed by atoms with Gasteiger partial charge >= 0.3 is 0 Å². The second-order valence-corrected chi connectivity index (χ2v) is 10.1. The van der Waals surface area contributed by atoms with Gasteiger partial charge in [0.05, 0.1) is 5.71 Å². The van der Waals surface area contributed by atoms with E-state index >= 15 is 0 Å². The summed E-state index contributed by atoms with van der Waals surface area (Å²) in [5, 5.41) is 4.31. The van der Waals surface area contributed by atoms with Crippen LogP contribution in [0.25, 0.3) is 0 Å². The van der Waals surface area contributed by atoms with Crippen LogP contribution in [0.2, 0.25) is 0 Å². The van der Waals surface area contributed by atoms with Crippen LogP contribution in [0.1, 0.15) is 65.2 Å². The molecule has 156 valence electrons. The predicted octanol–water partition coefficient (Wildman–Crippen LogP) is 2.64. The summed E-state index contributed by atoms with van der Waals surface area (Å²) in [7, 11) is 0. The Balaban J connectivity index is 1.63. The van der Waals surface area contributed by atoms with Crippen molar-refractivity contribution in [2.75, 3.05) is 13.2 Å². The molecule has 6 nitrogen and oxygen atoms in total. The molecule has 4 saturated carbocycles. The lowest BCUT2D eigenvalue weighted by atomic mass is 9.43. The maximum absolute atomic E-state index is 12.6. The fraction of sp³-hybridized carbons (Fsp3) is 0.864. The largest absolute Gasteiger partial charge is 0.395 e. The third-order valence-electron chi connectivity index (χ3n) is 9.03. The van der Waals surface area contributed by atoms with Crippen molar-refractivity contribution in [2.45, 2.75) is 65.2 Å². The van der Waals surface area contributed by atoms with Crippen LogP contribution in [0.3, 0.4) is 0 Å². The summed E-state index contributed by atoms with van der Waals surface area (Å²) >= 11 is 0. The van der Waals surface area contributed by atoms with E-state index in [4.69, 9.17) is 16.3 Å². The van der Waals surface area contributed by atoms with Gasteiger partial charge < -0.3 is 16.3 Å². The van der Waals surface area contributed by atoms with Gasteiger partial charge in [0.15, 0.2) is 0 Å². The van der Waals surface area contributed by atoms with E-state index in [2.05, 4.69) is 19.0 Å². The number of hydrogen-bond donors (Lipinski definition) is 2. The van der Waals surface area contributed by atoms with Gasteiger partial charge in [0, 0.05) is 24.3 Å². The lowest BCUT2D eigenvalue weighted by Gasteiger charge is -2.61. The highest BCUT2D eigenvalue weighted by Crippen LogP contribution is 2.66. The molecule has 0 aromatic heterocycles. The molecular weight excluding hydrogens is 354 g/mol. The highest BCUT2D eigenvalue weighted by molar-refractivity contribution is 5.88. The second-order valence-electron chi connectivity index (χ2n) is 10.1. The number of oxime groups is 1. The van der Waals surface area contributed by atoms with Gasteiger partial charge in [-0.3, -0.25) is 9.59 Å². The highest BCUT2D eigenvalue weighted by Gasteiger charge is 2.62. The van der Waals surface area contributed by atoms with Crippen LogP contribution in [0.5, 0.6) is 0 Å². The molecule has 4 aliphatic rings. The van der Waals surface area contributed by atoms with E-state index in [1.807, 2.05) is 0 Å². The molecule has 0 aliphatic heterocycles. The molecular formula is C22H35N3O3. The third-order valence-corrected chi connectivity index (χ3v) is 9.03. The molecule has 4 fully saturated rings. The summed E-state index contributed by atoms with van der Waals surface area (Å²) in [4.78, 5) is 30.4. The van der Waals surface area contributed by atoms with Crippen molar-refractivity contribution in [3.05, 3.63) is 0 Å². The lowest BCUT2D eigenvalue weighted by Crippen LogP contribution is -2.58. The molecule has 0 radical (unpaired) electrons. The van der Waals surface area contributed by atoms with E-state index in [0.717, 1.165) is 50.7 Å². The molecule has 1 amide bonds. The Morgan fingerprint density at radius 3 is 2.68 bits per heavy atom.